The third kappa shape index (κ3) is 3.62. The summed E-state index contributed by atoms with van der Waals surface area (Å²) < 4.78 is 2.09. The quantitative estimate of drug-likeness (QED) is 0.549. The van der Waals surface area contributed by atoms with Gasteiger partial charge in [0.1, 0.15) is 0 Å². The Labute approximate surface area is 161 Å². The number of hydrogen-bond acceptors (Lipinski definition) is 4. The number of fused-ring (bicyclic) bond motifs is 1. The Hall–Kier alpha value is -3.36. The molecule has 0 unspecified atom stereocenters. The van der Waals surface area contributed by atoms with Gasteiger partial charge in [0.2, 0.25) is 0 Å². The Bertz CT molecular complexity index is 1130. The lowest BCUT2D eigenvalue weighted by atomic mass is 10.1. The van der Waals surface area contributed by atoms with E-state index in [4.69, 9.17) is 16.9 Å². The number of imidazole rings is 1. The number of nitrogens with zero attached hydrogens (tertiary/aromatic N) is 4. The van der Waals surface area contributed by atoms with Crippen LogP contribution in [0.3, 0.4) is 0 Å². The van der Waals surface area contributed by atoms with Crippen LogP contribution in [0.1, 0.15) is 5.56 Å². The van der Waals surface area contributed by atoms with Gasteiger partial charge in [-0.25, -0.2) is 4.98 Å². The van der Waals surface area contributed by atoms with E-state index in [0.717, 1.165) is 40.9 Å². The molecule has 0 amide bonds. The lowest BCUT2D eigenvalue weighted by Crippen LogP contribution is -2.11. The zero-order valence-corrected chi connectivity index (χ0v) is 15.2. The summed E-state index contributed by atoms with van der Waals surface area (Å²) in [7, 11) is 0. The van der Waals surface area contributed by atoms with Crippen molar-refractivity contribution in [1.82, 2.24) is 14.5 Å². The lowest BCUT2D eigenvalue weighted by molar-refractivity contribution is 0.734. The van der Waals surface area contributed by atoms with Gasteiger partial charge in [0.05, 0.1) is 35.4 Å². The number of anilines is 1. The largest absolute Gasteiger partial charge is 0.383 e. The van der Waals surface area contributed by atoms with Crippen molar-refractivity contribution in [2.45, 2.75) is 6.54 Å². The average Bonchev–Trinajstić information content (AvgIpc) is 3.16. The summed E-state index contributed by atoms with van der Waals surface area (Å²) in [6.45, 7) is 1.49. The number of nitriles is 1. The molecule has 0 saturated carbocycles. The molecule has 0 radical (unpaired) electrons. The molecule has 4 aromatic rings. The van der Waals surface area contributed by atoms with E-state index >= 15 is 0 Å². The highest BCUT2D eigenvalue weighted by atomic mass is 35.5. The third-order valence-electron chi connectivity index (χ3n) is 4.39. The van der Waals surface area contributed by atoms with Crippen molar-refractivity contribution < 1.29 is 0 Å². The van der Waals surface area contributed by atoms with Gasteiger partial charge in [-0.3, -0.25) is 4.98 Å². The second kappa shape index (κ2) is 7.48. The van der Waals surface area contributed by atoms with Crippen LogP contribution in [0.25, 0.3) is 22.2 Å². The molecule has 2 heterocycles. The molecule has 0 aliphatic heterocycles. The Morgan fingerprint density at radius 2 is 1.96 bits per heavy atom. The first-order valence-electron chi connectivity index (χ1n) is 8.53. The maximum absolute atomic E-state index is 8.94. The SMILES string of the molecule is N#Cc1ccc(-c2cncn2CCNc2ccnc3cc(Cl)ccc23)cc1. The maximum atomic E-state index is 8.94. The molecule has 0 spiro atoms. The van der Waals surface area contributed by atoms with Crippen LogP contribution in [0.15, 0.2) is 67.3 Å². The maximum Gasteiger partial charge on any atom is 0.0991 e. The number of rotatable bonds is 5. The van der Waals surface area contributed by atoms with Gasteiger partial charge in [0.15, 0.2) is 0 Å². The van der Waals surface area contributed by atoms with E-state index in [-0.39, 0.29) is 0 Å². The van der Waals surface area contributed by atoms with Gasteiger partial charge in [-0.05, 0) is 42.0 Å². The topological polar surface area (TPSA) is 66.5 Å². The highest BCUT2D eigenvalue weighted by molar-refractivity contribution is 6.31. The van der Waals surface area contributed by atoms with Gasteiger partial charge < -0.3 is 9.88 Å². The predicted octanol–water partition coefficient (Wildman–Crippen LogP) is 4.74. The minimum atomic E-state index is 0.649. The van der Waals surface area contributed by atoms with E-state index < -0.39 is 0 Å². The fraction of sp³-hybridized carbons (Fsp3) is 0.0952. The molecule has 27 heavy (non-hydrogen) atoms. The predicted molar refractivity (Wildman–Crippen MR) is 108 cm³/mol. The molecule has 5 nitrogen and oxygen atoms in total. The number of halogens is 1. The van der Waals surface area contributed by atoms with Gasteiger partial charge >= 0.3 is 0 Å². The van der Waals surface area contributed by atoms with Gasteiger partial charge in [0.25, 0.3) is 0 Å². The molecule has 6 heteroatoms. The Morgan fingerprint density at radius 3 is 2.78 bits per heavy atom. The molecule has 132 valence electrons. The number of benzene rings is 2. The first-order chi connectivity index (χ1) is 13.2. The summed E-state index contributed by atoms with van der Waals surface area (Å²) in [5.41, 5.74) is 4.60. The second-order valence-electron chi connectivity index (χ2n) is 6.11. The zero-order valence-electron chi connectivity index (χ0n) is 14.4. The third-order valence-corrected chi connectivity index (χ3v) is 4.63. The van der Waals surface area contributed by atoms with Gasteiger partial charge in [-0.15, -0.1) is 0 Å². The van der Waals surface area contributed by atoms with Crippen LogP contribution in [0, 0.1) is 11.3 Å². The molecule has 0 bridgehead atoms. The Morgan fingerprint density at radius 1 is 1.11 bits per heavy atom. The van der Waals surface area contributed by atoms with Crippen molar-refractivity contribution in [2.75, 3.05) is 11.9 Å². The van der Waals surface area contributed by atoms with Crippen molar-refractivity contribution >= 4 is 28.2 Å². The van der Waals surface area contributed by atoms with Crippen LogP contribution in [0.5, 0.6) is 0 Å². The smallest absolute Gasteiger partial charge is 0.0991 e. The van der Waals surface area contributed by atoms with Crippen LogP contribution in [0.2, 0.25) is 5.02 Å². The van der Waals surface area contributed by atoms with E-state index in [0.29, 0.717) is 10.6 Å². The zero-order chi connectivity index (χ0) is 18.6. The van der Waals surface area contributed by atoms with Crippen LogP contribution in [0.4, 0.5) is 5.69 Å². The summed E-state index contributed by atoms with van der Waals surface area (Å²) in [4.78, 5) is 8.64. The van der Waals surface area contributed by atoms with Gasteiger partial charge in [-0.2, -0.15) is 5.26 Å². The molecular formula is C21H16ClN5. The molecule has 1 N–H and O–H groups in total. The fourth-order valence-electron chi connectivity index (χ4n) is 3.04. The molecule has 0 saturated heterocycles. The summed E-state index contributed by atoms with van der Waals surface area (Å²) in [5.74, 6) is 0. The van der Waals surface area contributed by atoms with Crippen LogP contribution in [-0.4, -0.2) is 21.1 Å². The monoisotopic (exact) mass is 373 g/mol. The Balaban J connectivity index is 1.49. The van der Waals surface area contributed by atoms with E-state index in [1.54, 1.807) is 6.20 Å². The van der Waals surface area contributed by atoms with Gasteiger partial charge in [-0.1, -0.05) is 23.7 Å². The van der Waals surface area contributed by atoms with Crippen molar-refractivity contribution in [2.24, 2.45) is 0 Å². The summed E-state index contributed by atoms with van der Waals surface area (Å²) in [5, 5.41) is 14.1. The normalized spacial score (nSPS) is 10.7. The van der Waals surface area contributed by atoms with E-state index in [9.17, 15) is 0 Å². The van der Waals surface area contributed by atoms with Crippen LogP contribution < -0.4 is 5.32 Å². The van der Waals surface area contributed by atoms with Crippen LogP contribution in [-0.2, 0) is 6.54 Å². The summed E-state index contributed by atoms with van der Waals surface area (Å²) in [6, 6.07) is 17.3. The minimum absolute atomic E-state index is 0.649. The first-order valence-corrected chi connectivity index (χ1v) is 8.91. The van der Waals surface area contributed by atoms with Crippen molar-refractivity contribution in [1.29, 1.82) is 5.26 Å². The number of pyridine rings is 1. The van der Waals surface area contributed by atoms with E-state index in [1.165, 1.54) is 0 Å². The molecule has 2 aromatic carbocycles. The minimum Gasteiger partial charge on any atom is -0.383 e. The molecule has 0 aliphatic carbocycles. The highest BCUT2D eigenvalue weighted by Crippen LogP contribution is 2.24. The van der Waals surface area contributed by atoms with E-state index in [2.05, 4.69) is 25.9 Å². The standard InChI is InChI=1S/C21H16ClN5/c22-17-5-6-18-19(7-8-25-20(18)11-17)26-9-10-27-14-24-13-21(27)16-3-1-15(12-23)2-4-16/h1-8,11,13-14H,9-10H2,(H,25,26). The Kier molecular flexibility index (Phi) is 4.73. The molecule has 0 aliphatic rings. The highest BCUT2D eigenvalue weighted by Gasteiger charge is 2.06. The molecular weight excluding hydrogens is 358 g/mol. The fourth-order valence-corrected chi connectivity index (χ4v) is 3.21. The number of aromatic nitrogens is 3. The second-order valence-corrected chi connectivity index (χ2v) is 6.54. The number of nitrogens with one attached hydrogen (secondary N) is 1. The molecule has 2 aromatic heterocycles. The number of hydrogen-bond donors (Lipinski definition) is 1. The first kappa shape index (κ1) is 17.1. The molecule has 0 atom stereocenters. The van der Waals surface area contributed by atoms with Crippen LogP contribution >= 0.6 is 11.6 Å². The summed E-state index contributed by atoms with van der Waals surface area (Å²) in [6.07, 6.45) is 5.44. The average molecular weight is 374 g/mol. The van der Waals surface area contributed by atoms with Crippen molar-refractivity contribution in [3.8, 4) is 17.3 Å². The van der Waals surface area contributed by atoms with Gasteiger partial charge in [0, 0.05) is 35.4 Å². The molecule has 0 fully saturated rings. The van der Waals surface area contributed by atoms with Crippen molar-refractivity contribution in [3.63, 3.8) is 0 Å². The van der Waals surface area contributed by atoms with Crippen molar-refractivity contribution in [3.05, 3.63) is 77.8 Å². The molecule has 4 rings (SSSR count). The summed E-state index contributed by atoms with van der Waals surface area (Å²) >= 11 is 6.05. The lowest BCUT2D eigenvalue weighted by Gasteiger charge is -2.12. The van der Waals surface area contributed by atoms with E-state index in [1.807, 2.05) is 61.1 Å².